The summed E-state index contributed by atoms with van der Waals surface area (Å²) >= 11 is 0. The molecule has 1 N–H and O–H groups in total. The maximum Gasteiger partial charge on any atom is 0.111 e. The Labute approximate surface area is 65.6 Å². The topological polar surface area (TPSA) is 44.3 Å². The molecule has 0 radical (unpaired) electrons. The standard InChI is InChI=1S/C8H11NO2/c1-9-6-3-4-8(11-2)7(10)5-6/h3-5,9-10H,1-2H3/p-1. The highest BCUT2D eigenvalue weighted by Gasteiger charge is 1.92. The molecule has 1 aromatic carbocycles. The molecule has 0 aliphatic carbocycles. The molecule has 0 atom stereocenters. The van der Waals surface area contributed by atoms with Gasteiger partial charge in [-0.2, -0.15) is 0 Å². The summed E-state index contributed by atoms with van der Waals surface area (Å²) in [6, 6.07) is 4.94. The number of ether oxygens (including phenoxy) is 1. The number of hydrogen-bond acceptors (Lipinski definition) is 3. The smallest absolute Gasteiger partial charge is 0.111 e. The second-order valence-electron chi connectivity index (χ2n) is 2.12. The highest BCUT2D eigenvalue weighted by Crippen LogP contribution is 2.25. The highest BCUT2D eigenvalue weighted by atomic mass is 16.5. The summed E-state index contributed by atoms with van der Waals surface area (Å²) < 4.78 is 4.80. The Morgan fingerprint density at radius 2 is 2.18 bits per heavy atom. The lowest BCUT2D eigenvalue weighted by atomic mass is 10.3. The number of benzene rings is 1. The van der Waals surface area contributed by atoms with Crippen LogP contribution in [0.15, 0.2) is 18.2 Å². The van der Waals surface area contributed by atoms with Crippen LogP contribution >= 0.6 is 0 Å². The molecule has 0 aliphatic heterocycles. The average Bonchev–Trinajstić information content (AvgIpc) is 2.04. The van der Waals surface area contributed by atoms with Crippen molar-refractivity contribution in [1.29, 1.82) is 0 Å². The van der Waals surface area contributed by atoms with E-state index in [9.17, 15) is 5.11 Å². The number of anilines is 1. The van der Waals surface area contributed by atoms with E-state index in [1.807, 2.05) is 0 Å². The molecule has 0 unspecified atom stereocenters. The second kappa shape index (κ2) is 3.14. The lowest BCUT2D eigenvalue weighted by Gasteiger charge is -2.13. The molecule has 0 saturated carbocycles. The van der Waals surface area contributed by atoms with Gasteiger partial charge in [-0.25, -0.2) is 0 Å². The van der Waals surface area contributed by atoms with Gasteiger partial charge in [-0.05, 0) is 18.2 Å². The molecular formula is C8H10NO2-. The molecule has 1 rings (SSSR count). The van der Waals surface area contributed by atoms with Gasteiger partial charge in [0.1, 0.15) is 5.75 Å². The molecule has 11 heavy (non-hydrogen) atoms. The largest absolute Gasteiger partial charge is 0.870 e. The lowest BCUT2D eigenvalue weighted by molar-refractivity contribution is -0.269. The monoisotopic (exact) mass is 152 g/mol. The van der Waals surface area contributed by atoms with Crippen molar-refractivity contribution in [3.05, 3.63) is 18.2 Å². The molecule has 0 spiro atoms. The van der Waals surface area contributed by atoms with Gasteiger partial charge in [-0.3, -0.25) is 0 Å². The first-order valence-electron chi connectivity index (χ1n) is 3.30. The van der Waals surface area contributed by atoms with Gasteiger partial charge in [-0.1, -0.05) is 5.75 Å². The molecular weight excluding hydrogens is 142 g/mol. The molecule has 0 heterocycles. The van der Waals surface area contributed by atoms with Crippen molar-refractivity contribution in [3.8, 4) is 11.5 Å². The van der Waals surface area contributed by atoms with E-state index in [1.54, 1.807) is 19.2 Å². The summed E-state index contributed by atoms with van der Waals surface area (Å²) in [7, 11) is 3.25. The lowest BCUT2D eigenvalue weighted by Crippen LogP contribution is -1.96. The van der Waals surface area contributed by atoms with E-state index >= 15 is 0 Å². The fourth-order valence-electron chi connectivity index (χ4n) is 0.832. The molecule has 1 aromatic rings. The van der Waals surface area contributed by atoms with Crippen molar-refractivity contribution >= 4 is 5.69 Å². The second-order valence-corrected chi connectivity index (χ2v) is 2.12. The molecule has 60 valence electrons. The minimum atomic E-state index is -0.0978. The fraction of sp³-hybridized carbons (Fsp3) is 0.250. The number of methoxy groups -OCH3 is 1. The summed E-state index contributed by atoms with van der Waals surface area (Å²) in [5.74, 6) is 0.281. The quantitative estimate of drug-likeness (QED) is 0.682. The molecule has 3 heteroatoms. The van der Waals surface area contributed by atoms with Crippen molar-refractivity contribution in [2.45, 2.75) is 0 Å². The number of nitrogens with one attached hydrogen (secondary N) is 1. The van der Waals surface area contributed by atoms with Crippen LogP contribution in [0.25, 0.3) is 0 Å². The third-order valence-electron chi connectivity index (χ3n) is 1.45. The van der Waals surface area contributed by atoms with Gasteiger partial charge in [0.15, 0.2) is 0 Å². The van der Waals surface area contributed by atoms with Crippen LogP contribution in [-0.2, 0) is 0 Å². The van der Waals surface area contributed by atoms with Crippen LogP contribution in [0, 0.1) is 0 Å². The van der Waals surface area contributed by atoms with E-state index in [2.05, 4.69) is 5.32 Å². The SMILES string of the molecule is CNc1ccc(OC)c([O-])c1. The third-order valence-corrected chi connectivity index (χ3v) is 1.45. The Bertz CT molecular complexity index is 248. The zero-order valence-corrected chi connectivity index (χ0v) is 6.55. The summed E-state index contributed by atoms with van der Waals surface area (Å²) in [5.41, 5.74) is 0.802. The Hall–Kier alpha value is -1.38. The van der Waals surface area contributed by atoms with E-state index in [0.717, 1.165) is 5.69 Å². The van der Waals surface area contributed by atoms with Crippen LogP contribution in [0.2, 0.25) is 0 Å². The first-order valence-corrected chi connectivity index (χ1v) is 3.30. The average molecular weight is 152 g/mol. The summed E-state index contributed by atoms with van der Waals surface area (Å²) in [6.45, 7) is 0. The molecule has 0 bridgehead atoms. The summed E-state index contributed by atoms with van der Waals surface area (Å²) in [5, 5.41) is 13.9. The fourth-order valence-corrected chi connectivity index (χ4v) is 0.832. The van der Waals surface area contributed by atoms with Crippen LogP contribution in [0.4, 0.5) is 5.69 Å². The minimum absolute atomic E-state index is 0.0978. The van der Waals surface area contributed by atoms with Crippen molar-refractivity contribution in [2.24, 2.45) is 0 Å². The molecule has 0 amide bonds. The Morgan fingerprint density at radius 3 is 2.64 bits per heavy atom. The van der Waals surface area contributed by atoms with Crippen molar-refractivity contribution < 1.29 is 9.84 Å². The van der Waals surface area contributed by atoms with Crippen LogP contribution in [-0.4, -0.2) is 14.2 Å². The first-order chi connectivity index (χ1) is 5.27. The first kappa shape index (κ1) is 7.72. The van der Waals surface area contributed by atoms with Crippen LogP contribution in [0.3, 0.4) is 0 Å². The van der Waals surface area contributed by atoms with Crippen LogP contribution in [0.5, 0.6) is 11.5 Å². The van der Waals surface area contributed by atoms with Crippen molar-refractivity contribution in [1.82, 2.24) is 0 Å². The molecule has 3 nitrogen and oxygen atoms in total. The van der Waals surface area contributed by atoms with Crippen molar-refractivity contribution in [3.63, 3.8) is 0 Å². The van der Waals surface area contributed by atoms with E-state index in [1.165, 1.54) is 13.2 Å². The van der Waals surface area contributed by atoms with E-state index in [-0.39, 0.29) is 5.75 Å². The summed E-state index contributed by atoms with van der Waals surface area (Å²) in [6.07, 6.45) is 0. The minimum Gasteiger partial charge on any atom is -0.870 e. The van der Waals surface area contributed by atoms with E-state index in [4.69, 9.17) is 4.74 Å². The predicted octanol–water partition coefficient (Wildman–Crippen LogP) is 0.810. The Kier molecular flexibility index (Phi) is 2.21. The van der Waals surface area contributed by atoms with Gasteiger partial charge in [0.2, 0.25) is 0 Å². The third kappa shape index (κ3) is 1.55. The molecule has 0 aromatic heterocycles. The van der Waals surface area contributed by atoms with E-state index < -0.39 is 0 Å². The zero-order chi connectivity index (χ0) is 8.27. The molecule has 0 fully saturated rings. The number of rotatable bonds is 2. The van der Waals surface area contributed by atoms with Gasteiger partial charge in [0, 0.05) is 12.7 Å². The van der Waals surface area contributed by atoms with E-state index in [0.29, 0.717) is 5.75 Å². The normalized spacial score (nSPS) is 9.27. The Morgan fingerprint density at radius 1 is 1.45 bits per heavy atom. The molecule has 0 saturated heterocycles. The van der Waals surface area contributed by atoms with Gasteiger partial charge < -0.3 is 15.2 Å². The van der Waals surface area contributed by atoms with Gasteiger partial charge in [0.25, 0.3) is 0 Å². The van der Waals surface area contributed by atoms with Gasteiger partial charge in [0.05, 0.1) is 7.11 Å². The predicted molar refractivity (Wildman–Crippen MR) is 42.0 cm³/mol. The maximum atomic E-state index is 11.1. The highest BCUT2D eigenvalue weighted by molar-refractivity contribution is 5.53. The van der Waals surface area contributed by atoms with Crippen molar-refractivity contribution in [2.75, 3.05) is 19.5 Å². The van der Waals surface area contributed by atoms with Crippen LogP contribution in [0.1, 0.15) is 0 Å². The summed E-state index contributed by atoms with van der Waals surface area (Å²) in [4.78, 5) is 0. The Balaban J connectivity index is 2.99. The van der Waals surface area contributed by atoms with Gasteiger partial charge in [-0.15, -0.1) is 0 Å². The van der Waals surface area contributed by atoms with Crippen LogP contribution < -0.4 is 15.2 Å². The zero-order valence-electron chi connectivity index (χ0n) is 6.55. The maximum absolute atomic E-state index is 11.1. The van der Waals surface area contributed by atoms with Gasteiger partial charge >= 0.3 is 0 Å². The number of hydrogen-bond donors (Lipinski definition) is 1. The molecule has 0 aliphatic rings.